The quantitative estimate of drug-likeness (QED) is 0.811. The molecule has 0 aliphatic carbocycles. The van der Waals surface area contributed by atoms with Crippen LogP contribution < -0.4 is 5.73 Å². The molecular weight excluding hydrogens is 288 g/mol. The molecule has 0 spiro atoms. The van der Waals surface area contributed by atoms with Crippen LogP contribution in [0, 0.1) is 11.8 Å². The van der Waals surface area contributed by atoms with Crippen molar-refractivity contribution in [3.8, 4) is 11.8 Å². The molecule has 0 saturated carbocycles. The molecule has 0 bridgehead atoms. The highest BCUT2D eigenvalue weighted by atomic mass is 32.2. The number of hydrogen-bond donors (Lipinski definition) is 1. The molecule has 5 heteroatoms. The van der Waals surface area contributed by atoms with Crippen molar-refractivity contribution in [2.45, 2.75) is 25.0 Å². The lowest BCUT2D eigenvalue weighted by Crippen LogP contribution is -2.33. The van der Waals surface area contributed by atoms with Crippen molar-refractivity contribution in [3.63, 3.8) is 0 Å². The molecule has 1 saturated heterocycles. The van der Waals surface area contributed by atoms with Crippen molar-refractivity contribution >= 4 is 29.0 Å². The maximum atomic E-state index is 12.6. The van der Waals surface area contributed by atoms with E-state index in [-0.39, 0.29) is 10.7 Å². The van der Waals surface area contributed by atoms with Crippen LogP contribution in [0.5, 0.6) is 0 Å². The molecular formula is C15H20N2OS2. The van der Waals surface area contributed by atoms with E-state index in [2.05, 4.69) is 25.7 Å². The minimum atomic E-state index is 0.111. The van der Waals surface area contributed by atoms with Crippen LogP contribution >= 0.6 is 23.1 Å². The topological polar surface area (TPSA) is 46.3 Å². The summed E-state index contributed by atoms with van der Waals surface area (Å²) in [4.78, 5) is 15.3. The average molecular weight is 308 g/mol. The van der Waals surface area contributed by atoms with Gasteiger partial charge in [0.05, 0.1) is 6.54 Å². The monoisotopic (exact) mass is 308 g/mol. The van der Waals surface area contributed by atoms with E-state index in [1.165, 1.54) is 11.3 Å². The minimum absolute atomic E-state index is 0.111. The van der Waals surface area contributed by atoms with Gasteiger partial charge in [0.1, 0.15) is 4.88 Å². The summed E-state index contributed by atoms with van der Waals surface area (Å²) in [6.07, 6.45) is 1.03. The smallest absolute Gasteiger partial charge is 0.265 e. The Morgan fingerprint density at radius 1 is 1.50 bits per heavy atom. The lowest BCUT2D eigenvalue weighted by molar-refractivity contribution is 0.0769. The van der Waals surface area contributed by atoms with Crippen LogP contribution in [0.3, 0.4) is 0 Å². The summed E-state index contributed by atoms with van der Waals surface area (Å²) in [6, 6.07) is 1.90. The number of thioether (sulfide) groups is 1. The normalized spacial score (nSPS) is 18.1. The van der Waals surface area contributed by atoms with E-state index in [0.717, 1.165) is 35.7 Å². The van der Waals surface area contributed by atoms with E-state index in [1.807, 2.05) is 28.1 Å². The number of rotatable bonds is 1. The van der Waals surface area contributed by atoms with Gasteiger partial charge in [0.25, 0.3) is 5.91 Å². The second-order valence-electron chi connectivity index (χ2n) is 5.32. The van der Waals surface area contributed by atoms with Crippen LogP contribution in [-0.4, -0.2) is 40.9 Å². The molecule has 0 radical (unpaired) electrons. The Balaban J connectivity index is 2.13. The number of carbonyl (C=O) groups excluding carboxylic acids is 1. The van der Waals surface area contributed by atoms with Crippen LogP contribution in [0.2, 0.25) is 0 Å². The Morgan fingerprint density at radius 2 is 2.30 bits per heavy atom. The molecule has 2 heterocycles. The van der Waals surface area contributed by atoms with Gasteiger partial charge in [-0.2, -0.15) is 11.8 Å². The van der Waals surface area contributed by atoms with Crippen LogP contribution in [-0.2, 0) is 0 Å². The van der Waals surface area contributed by atoms with Crippen LogP contribution in [0.15, 0.2) is 11.4 Å². The number of nitrogens with two attached hydrogens (primary N) is 1. The highest BCUT2D eigenvalue weighted by molar-refractivity contribution is 8.00. The fraction of sp³-hybridized carbons (Fsp3) is 0.533. The summed E-state index contributed by atoms with van der Waals surface area (Å²) in [5.41, 5.74) is 6.20. The predicted octanol–water partition coefficient (Wildman–Crippen LogP) is 2.42. The first-order valence-electron chi connectivity index (χ1n) is 6.73. The molecule has 0 unspecified atom stereocenters. The third-order valence-electron chi connectivity index (χ3n) is 3.31. The molecule has 1 aromatic heterocycles. The van der Waals surface area contributed by atoms with E-state index in [4.69, 9.17) is 5.73 Å². The second kappa shape index (κ2) is 6.66. The van der Waals surface area contributed by atoms with Gasteiger partial charge in [-0.3, -0.25) is 4.79 Å². The zero-order valence-corrected chi connectivity index (χ0v) is 13.6. The van der Waals surface area contributed by atoms with Crippen LogP contribution in [0.25, 0.3) is 0 Å². The number of amides is 1. The van der Waals surface area contributed by atoms with E-state index in [1.54, 1.807) is 0 Å². The van der Waals surface area contributed by atoms with E-state index < -0.39 is 0 Å². The van der Waals surface area contributed by atoms with Gasteiger partial charge >= 0.3 is 0 Å². The van der Waals surface area contributed by atoms with Gasteiger partial charge in [0, 0.05) is 29.2 Å². The molecule has 1 amide bonds. The molecule has 0 aromatic carbocycles. The zero-order valence-electron chi connectivity index (χ0n) is 11.9. The summed E-state index contributed by atoms with van der Waals surface area (Å²) >= 11 is 3.41. The first-order chi connectivity index (χ1) is 9.53. The highest BCUT2D eigenvalue weighted by Crippen LogP contribution is 2.31. The molecule has 108 valence electrons. The lowest BCUT2D eigenvalue weighted by Gasteiger charge is -2.22. The van der Waals surface area contributed by atoms with Crippen molar-refractivity contribution in [1.29, 1.82) is 0 Å². The van der Waals surface area contributed by atoms with E-state index >= 15 is 0 Å². The second-order valence-corrected chi connectivity index (χ2v) is 8.04. The Kier molecular flexibility index (Phi) is 5.14. The lowest BCUT2D eigenvalue weighted by atomic mass is 10.1. The van der Waals surface area contributed by atoms with E-state index in [0.29, 0.717) is 6.54 Å². The van der Waals surface area contributed by atoms with Crippen molar-refractivity contribution in [3.05, 3.63) is 21.9 Å². The minimum Gasteiger partial charge on any atom is -0.337 e. The molecule has 20 heavy (non-hydrogen) atoms. The Morgan fingerprint density at radius 3 is 3.05 bits per heavy atom. The third kappa shape index (κ3) is 3.78. The summed E-state index contributed by atoms with van der Waals surface area (Å²) in [5.74, 6) is 6.92. The maximum Gasteiger partial charge on any atom is 0.265 e. The summed E-state index contributed by atoms with van der Waals surface area (Å²) in [5, 5.41) is 1.92. The van der Waals surface area contributed by atoms with Gasteiger partial charge in [-0.15, -0.1) is 11.3 Å². The summed E-state index contributed by atoms with van der Waals surface area (Å²) in [6.45, 7) is 6.44. The van der Waals surface area contributed by atoms with Crippen molar-refractivity contribution in [1.82, 2.24) is 4.90 Å². The number of thiophene rings is 1. The van der Waals surface area contributed by atoms with E-state index in [9.17, 15) is 4.79 Å². The van der Waals surface area contributed by atoms with Gasteiger partial charge < -0.3 is 10.6 Å². The molecule has 1 aliphatic rings. The standard InChI is InChI=1S/C15H20N2OS2/c1-15(2)6-8-17(9-11-20-15)14(18)13-12(4-3-7-16)5-10-19-13/h5,10H,6-9,11,16H2,1-2H3. The molecule has 1 aliphatic heterocycles. The Labute approximate surface area is 128 Å². The van der Waals surface area contributed by atoms with Gasteiger partial charge in [-0.25, -0.2) is 0 Å². The van der Waals surface area contributed by atoms with Gasteiger partial charge in [0.15, 0.2) is 0 Å². The first kappa shape index (κ1) is 15.4. The number of nitrogens with zero attached hydrogens (tertiary/aromatic N) is 1. The molecule has 2 rings (SSSR count). The zero-order chi connectivity index (χ0) is 14.6. The molecule has 2 N–H and O–H groups in total. The molecule has 1 aromatic rings. The van der Waals surface area contributed by atoms with Crippen molar-refractivity contribution in [2.75, 3.05) is 25.4 Å². The highest BCUT2D eigenvalue weighted by Gasteiger charge is 2.27. The largest absolute Gasteiger partial charge is 0.337 e. The summed E-state index contributed by atoms with van der Waals surface area (Å²) in [7, 11) is 0. The average Bonchev–Trinajstić information content (AvgIpc) is 2.79. The van der Waals surface area contributed by atoms with Crippen LogP contribution in [0.4, 0.5) is 0 Å². The Hall–Kier alpha value is -0.960. The van der Waals surface area contributed by atoms with Crippen molar-refractivity contribution in [2.24, 2.45) is 5.73 Å². The number of hydrogen-bond acceptors (Lipinski definition) is 4. The summed E-state index contributed by atoms with van der Waals surface area (Å²) < 4.78 is 0.257. The fourth-order valence-corrected chi connectivity index (χ4v) is 4.00. The molecule has 3 nitrogen and oxygen atoms in total. The van der Waals surface area contributed by atoms with Gasteiger partial charge in [-0.05, 0) is 17.9 Å². The first-order valence-corrected chi connectivity index (χ1v) is 8.60. The predicted molar refractivity (Wildman–Crippen MR) is 87.3 cm³/mol. The molecule has 1 fully saturated rings. The maximum absolute atomic E-state index is 12.6. The fourth-order valence-electron chi connectivity index (χ4n) is 2.09. The van der Waals surface area contributed by atoms with Gasteiger partial charge in [-0.1, -0.05) is 25.7 Å². The Bertz CT molecular complexity index is 540. The van der Waals surface area contributed by atoms with Gasteiger partial charge in [0.2, 0.25) is 0 Å². The third-order valence-corrected chi connectivity index (χ3v) is 5.58. The molecule has 0 atom stereocenters. The van der Waals surface area contributed by atoms with Crippen LogP contribution in [0.1, 0.15) is 35.5 Å². The van der Waals surface area contributed by atoms with Crippen molar-refractivity contribution < 1.29 is 4.79 Å². The SMILES string of the molecule is CC1(C)CCN(C(=O)c2sccc2C#CCN)CCS1. The number of carbonyl (C=O) groups is 1.